The number of rotatable bonds is 16. The van der Waals surface area contributed by atoms with Crippen molar-refractivity contribution in [3.8, 4) is 5.75 Å². The standard InChI is InChI=1S/C41H49NO12/c1-24(2)42(25(3)4)21-20-32(30-14-10-8-11-15-30)33-22-29(18-19-34(33)53-37(48)31-16-12-9-13-17-31)23-52-38-40(50,27(6)44)41(51,28(7)45)39(49,26(5)43)35(54-38)36(46)47/h8-19,22,24-25,32,35,38,49-51H,20-21,23H2,1-7H3,(H,46,47)/t32?,35-,38-,39-,40+,41+/m1/s1. The fourth-order valence-electron chi connectivity index (χ4n) is 7.30. The molecule has 54 heavy (non-hydrogen) atoms. The quantitative estimate of drug-likeness (QED) is 0.122. The van der Waals surface area contributed by atoms with E-state index < -0.39 is 65.1 Å². The summed E-state index contributed by atoms with van der Waals surface area (Å²) in [5, 5.41) is 44.8. The van der Waals surface area contributed by atoms with E-state index in [2.05, 4.69) is 32.6 Å². The second kappa shape index (κ2) is 16.8. The molecular weight excluding hydrogens is 698 g/mol. The van der Waals surface area contributed by atoms with Gasteiger partial charge in [-0.05, 0) is 96.8 Å². The first-order chi connectivity index (χ1) is 25.3. The Morgan fingerprint density at radius 3 is 1.83 bits per heavy atom. The van der Waals surface area contributed by atoms with E-state index in [0.29, 0.717) is 43.5 Å². The number of hydrogen-bond acceptors (Lipinski definition) is 12. The van der Waals surface area contributed by atoms with Crippen LogP contribution in [0, 0.1) is 0 Å². The first-order valence-corrected chi connectivity index (χ1v) is 17.7. The highest BCUT2D eigenvalue weighted by atomic mass is 16.7. The molecule has 0 bridgehead atoms. The number of carbonyl (C=O) groups is 5. The highest BCUT2D eigenvalue weighted by Crippen LogP contribution is 2.47. The molecule has 1 heterocycles. The smallest absolute Gasteiger partial charge is 0.343 e. The predicted molar refractivity (Wildman–Crippen MR) is 196 cm³/mol. The van der Waals surface area contributed by atoms with Crippen LogP contribution in [0.15, 0.2) is 78.9 Å². The number of hydrogen-bond donors (Lipinski definition) is 4. The number of ether oxygens (including phenoxy) is 3. The third kappa shape index (κ3) is 7.79. The van der Waals surface area contributed by atoms with Crippen LogP contribution in [0.3, 0.4) is 0 Å². The van der Waals surface area contributed by atoms with Gasteiger partial charge in [-0.2, -0.15) is 0 Å². The van der Waals surface area contributed by atoms with Gasteiger partial charge in [0.25, 0.3) is 0 Å². The zero-order valence-corrected chi connectivity index (χ0v) is 31.5. The number of Topliss-reactive ketones (excluding diaryl/α,β-unsaturated/α-hetero) is 3. The summed E-state index contributed by atoms with van der Waals surface area (Å²) in [5.74, 6) is -6.93. The molecule has 1 unspecified atom stereocenters. The van der Waals surface area contributed by atoms with Crippen molar-refractivity contribution in [2.75, 3.05) is 6.54 Å². The van der Waals surface area contributed by atoms with Gasteiger partial charge in [0.15, 0.2) is 35.3 Å². The molecule has 6 atom stereocenters. The molecular formula is C41H49NO12. The van der Waals surface area contributed by atoms with E-state index in [1.54, 1.807) is 48.5 Å². The van der Waals surface area contributed by atoms with Gasteiger partial charge in [0.05, 0.1) is 12.2 Å². The van der Waals surface area contributed by atoms with Crippen LogP contribution in [0.25, 0.3) is 0 Å². The van der Waals surface area contributed by atoms with Gasteiger partial charge in [-0.25, -0.2) is 9.59 Å². The summed E-state index contributed by atoms with van der Waals surface area (Å²) in [5.41, 5.74) is -8.52. The van der Waals surface area contributed by atoms with Crippen molar-refractivity contribution in [1.29, 1.82) is 0 Å². The lowest BCUT2D eigenvalue weighted by molar-refractivity contribution is -0.363. The number of carboxylic acid groups (broad SMARTS) is 1. The maximum absolute atomic E-state index is 13.3. The van der Waals surface area contributed by atoms with E-state index >= 15 is 0 Å². The molecule has 3 aromatic rings. The summed E-state index contributed by atoms with van der Waals surface area (Å²) in [4.78, 5) is 66.8. The average Bonchev–Trinajstić information content (AvgIpc) is 3.12. The molecule has 13 heteroatoms. The highest BCUT2D eigenvalue weighted by molar-refractivity contribution is 6.07. The van der Waals surface area contributed by atoms with E-state index in [-0.39, 0.29) is 23.8 Å². The molecule has 1 saturated heterocycles. The zero-order chi connectivity index (χ0) is 40.2. The lowest BCUT2D eigenvalue weighted by Gasteiger charge is -2.56. The summed E-state index contributed by atoms with van der Waals surface area (Å²) in [6.45, 7) is 10.7. The number of aliphatic hydroxyl groups is 3. The third-order valence-corrected chi connectivity index (χ3v) is 10.2. The van der Waals surface area contributed by atoms with Gasteiger partial charge in [0, 0.05) is 23.6 Å². The molecule has 4 N–H and O–H groups in total. The summed E-state index contributed by atoms with van der Waals surface area (Å²) in [6.07, 6.45) is -4.40. The topological polar surface area (TPSA) is 197 Å². The highest BCUT2D eigenvalue weighted by Gasteiger charge is 2.80. The Morgan fingerprint density at radius 2 is 1.33 bits per heavy atom. The van der Waals surface area contributed by atoms with Crippen molar-refractivity contribution in [2.45, 2.75) is 109 Å². The van der Waals surface area contributed by atoms with Gasteiger partial charge in [-0.1, -0.05) is 54.6 Å². The van der Waals surface area contributed by atoms with Gasteiger partial charge in [0.1, 0.15) is 5.75 Å². The molecule has 3 aromatic carbocycles. The average molecular weight is 748 g/mol. The lowest BCUT2D eigenvalue weighted by atomic mass is 9.61. The number of nitrogens with zero attached hydrogens (tertiary/aromatic N) is 1. The molecule has 290 valence electrons. The minimum absolute atomic E-state index is 0.232. The molecule has 0 aliphatic carbocycles. The van der Waals surface area contributed by atoms with Gasteiger partial charge in [-0.15, -0.1) is 0 Å². The van der Waals surface area contributed by atoms with Crippen LogP contribution in [0.1, 0.15) is 87.9 Å². The molecule has 0 amide bonds. The third-order valence-electron chi connectivity index (χ3n) is 10.2. The van der Waals surface area contributed by atoms with Crippen molar-refractivity contribution in [3.05, 3.63) is 101 Å². The van der Waals surface area contributed by atoms with Crippen LogP contribution in [0.5, 0.6) is 5.75 Å². The fraction of sp³-hybridized carbons (Fsp3) is 0.439. The maximum Gasteiger partial charge on any atom is 0.343 e. The number of esters is 1. The van der Waals surface area contributed by atoms with Crippen LogP contribution in [0.4, 0.5) is 0 Å². The van der Waals surface area contributed by atoms with Crippen LogP contribution < -0.4 is 4.74 Å². The Morgan fingerprint density at radius 1 is 0.778 bits per heavy atom. The minimum atomic E-state index is -3.69. The van der Waals surface area contributed by atoms with Crippen LogP contribution >= 0.6 is 0 Å². The molecule has 0 saturated carbocycles. The van der Waals surface area contributed by atoms with Gasteiger partial charge in [-0.3, -0.25) is 19.3 Å². The Balaban J connectivity index is 1.83. The van der Waals surface area contributed by atoms with E-state index in [9.17, 15) is 44.4 Å². The van der Waals surface area contributed by atoms with Crippen molar-refractivity contribution in [1.82, 2.24) is 4.90 Å². The van der Waals surface area contributed by atoms with Crippen LogP contribution in [-0.2, 0) is 35.3 Å². The van der Waals surface area contributed by atoms with Crippen LogP contribution in [0.2, 0.25) is 0 Å². The molecule has 0 spiro atoms. The SMILES string of the molecule is CC(=O)[C@]1(O)[C@@](O)(C(C)=O)[C@@H](C(=O)O)O[C@@H](OCc2ccc(OC(=O)c3ccccc3)c(C(CCN(C(C)C)C(C)C)c3ccccc3)c2)[C@@]1(O)C(C)=O. The van der Waals surface area contributed by atoms with Gasteiger partial charge >= 0.3 is 11.9 Å². The van der Waals surface area contributed by atoms with Gasteiger partial charge in [0.2, 0.25) is 11.2 Å². The maximum atomic E-state index is 13.3. The summed E-state index contributed by atoms with van der Waals surface area (Å²) in [6, 6.07) is 23.3. The summed E-state index contributed by atoms with van der Waals surface area (Å²) >= 11 is 0. The van der Waals surface area contributed by atoms with E-state index in [0.717, 1.165) is 12.5 Å². The monoisotopic (exact) mass is 747 g/mol. The van der Waals surface area contributed by atoms with E-state index in [4.69, 9.17) is 14.2 Å². The van der Waals surface area contributed by atoms with Crippen molar-refractivity contribution in [3.63, 3.8) is 0 Å². The van der Waals surface area contributed by atoms with Crippen molar-refractivity contribution >= 4 is 29.3 Å². The number of aliphatic carboxylic acids is 1. The Bertz CT molecular complexity index is 1840. The molecule has 1 fully saturated rings. The van der Waals surface area contributed by atoms with E-state index in [1.807, 2.05) is 30.3 Å². The zero-order valence-electron chi connectivity index (χ0n) is 31.5. The summed E-state index contributed by atoms with van der Waals surface area (Å²) in [7, 11) is 0. The number of carboxylic acids is 1. The molecule has 0 radical (unpaired) electrons. The van der Waals surface area contributed by atoms with E-state index in [1.165, 1.54) is 0 Å². The molecule has 1 aliphatic rings. The minimum Gasteiger partial charge on any atom is -0.479 e. The summed E-state index contributed by atoms with van der Waals surface area (Å²) < 4.78 is 17.2. The lowest BCUT2D eigenvalue weighted by Crippen LogP contribution is -2.86. The first kappa shape index (κ1) is 42.1. The Labute approximate surface area is 314 Å². The van der Waals surface area contributed by atoms with Gasteiger partial charge < -0.3 is 34.6 Å². The number of carbonyl (C=O) groups excluding carboxylic acids is 4. The second-order valence-corrected chi connectivity index (χ2v) is 14.2. The fourth-order valence-corrected chi connectivity index (χ4v) is 7.30. The Hall–Kier alpha value is -4.63. The largest absolute Gasteiger partial charge is 0.479 e. The molecule has 1 aliphatic heterocycles. The van der Waals surface area contributed by atoms with Crippen molar-refractivity contribution in [2.24, 2.45) is 0 Å². The molecule has 4 rings (SSSR count). The molecule has 0 aromatic heterocycles. The molecule has 13 nitrogen and oxygen atoms in total. The predicted octanol–water partition coefficient (Wildman–Crippen LogP) is 3.83. The number of benzene rings is 3. The van der Waals surface area contributed by atoms with Crippen LogP contribution in [-0.4, -0.2) is 102 Å². The van der Waals surface area contributed by atoms with Crippen molar-refractivity contribution < 1.29 is 58.6 Å². The Kier molecular flexibility index (Phi) is 13.1. The second-order valence-electron chi connectivity index (χ2n) is 14.2. The first-order valence-electron chi connectivity index (χ1n) is 17.7. The number of ketones is 3. The normalized spacial score (nSPS) is 24.7.